The van der Waals surface area contributed by atoms with Gasteiger partial charge in [0.05, 0.1) is 0 Å². The van der Waals surface area contributed by atoms with Gasteiger partial charge in [-0.15, -0.1) is 47.5 Å². The minimum absolute atomic E-state index is 0. The van der Waals surface area contributed by atoms with Crippen LogP contribution in [-0.2, 0) is 33.6 Å². The van der Waals surface area contributed by atoms with E-state index in [2.05, 4.69) is 120 Å². The number of hydrogen-bond donors (Lipinski definition) is 0. The van der Waals surface area contributed by atoms with Crippen molar-refractivity contribution in [1.29, 1.82) is 0 Å². The Bertz CT molecular complexity index is 1540. The van der Waals surface area contributed by atoms with Crippen molar-refractivity contribution in [1.82, 2.24) is 0 Å². The predicted octanol–water partition coefficient (Wildman–Crippen LogP) is 13.3. The molecule has 0 N–H and O–H groups in total. The van der Waals surface area contributed by atoms with E-state index in [1.165, 1.54) is 53.0 Å². The summed E-state index contributed by atoms with van der Waals surface area (Å²) in [6.07, 6.45) is 0. The number of benzene rings is 4. The summed E-state index contributed by atoms with van der Waals surface area (Å²) in [5.74, 6) is 6.41. The van der Waals surface area contributed by atoms with E-state index >= 15 is 0 Å². The van der Waals surface area contributed by atoms with Gasteiger partial charge in [0, 0.05) is 0 Å². The normalized spacial score (nSPS) is 11.6. The van der Waals surface area contributed by atoms with E-state index in [1.54, 1.807) is 0 Å². The Hall–Kier alpha value is -0.867. The first-order valence-electron chi connectivity index (χ1n) is 20.5. The number of rotatable bonds is 0. The van der Waals surface area contributed by atoms with E-state index in [4.69, 9.17) is 37.2 Å². The molecule has 0 bridgehead atoms. The Balaban J connectivity index is -0.000000334. The predicted molar refractivity (Wildman–Crippen MR) is 301 cm³/mol. The number of fused-ring (bicyclic) bond motifs is 4. The van der Waals surface area contributed by atoms with Gasteiger partial charge >= 0.3 is 33.6 Å². The van der Waals surface area contributed by atoms with E-state index in [-0.39, 0.29) is 33.6 Å². The maximum atomic E-state index is 5.03. The third-order valence-electron chi connectivity index (χ3n) is 5.80. The molecule has 4 aliphatic rings. The van der Waals surface area contributed by atoms with Crippen LogP contribution in [0, 0.1) is 27.7 Å². The molecular weight excluding hydrogens is 1030 g/mol. The molecule has 0 saturated carbocycles. The van der Waals surface area contributed by atoms with Gasteiger partial charge in [0.2, 0.25) is 0 Å². The van der Waals surface area contributed by atoms with E-state index < -0.39 is 0 Å². The molecule has 0 spiro atoms. The van der Waals surface area contributed by atoms with Gasteiger partial charge in [-0.3, -0.25) is 0 Å². The van der Waals surface area contributed by atoms with E-state index in [0.29, 0.717) is 47.5 Å². The molecule has 10 radical (unpaired) electrons. The Labute approximate surface area is 434 Å². The Morgan fingerprint density at radius 3 is 0.500 bits per heavy atom. The molecule has 0 aromatic heterocycles. The summed E-state index contributed by atoms with van der Waals surface area (Å²) < 4.78 is 40.2. The van der Waals surface area contributed by atoms with Crippen LogP contribution in [0.15, 0.2) is 72.8 Å². The zero-order chi connectivity index (χ0) is 49.4. The van der Waals surface area contributed by atoms with E-state index in [0.717, 1.165) is 46.0 Å². The minimum Gasteiger partial charge on any atom is -0.724 e. The molecule has 0 amide bonds. The van der Waals surface area contributed by atoms with Gasteiger partial charge in [0.1, 0.15) is 76.7 Å². The van der Waals surface area contributed by atoms with Crippen molar-refractivity contribution in [3.05, 3.63) is 95.1 Å². The molecule has 0 fully saturated rings. The molecule has 8 nitrogen and oxygen atoms in total. The molecule has 8 rings (SSSR count). The van der Waals surface area contributed by atoms with E-state index in [9.17, 15) is 0 Å². The van der Waals surface area contributed by atoms with Crippen molar-refractivity contribution in [2.75, 3.05) is 120 Å². The summed E-state index contributed by atoms with van der Waals surface area (Å²) in [4.78, 5) is 0. The van der Waals surface area contributed by atoms with Crippen molar-refractivity contribution in [2.24, 2.45) is 0 Å². The van der Waals surface area contributed by atoms with Gasteiger partial charge in [-0.05, 0) is 218 Å². The molecule has 4 aromatic rings. The summed E-state index contributed by atoms with van der Waals surface area (Å²) in [7, 11) is 7.63. The molecule has 0 unspecified atom stereocenters. The smallest absolute Gasteiger partial charge is 0.724 e. The van der Waals surface area contributed by atoms with Crippen molar-refractivity contribution < 1.29 is 70.8 Å². The maximum Gasteiger partial charge on any atom is 2.00 e. The zero-order valence-electron chi connectivity index (χ0n) is 43.9. The topological polar surface area (TPSA) is 73.8 Å². The average molecular weight is 1110 g/mol. The van der Waals surface area contributed by atoms with Crippen molar-refractivity contribution in [3.63, 3.8) is 0 Å². The fraction of sp³-hybridized carbons (Fsp3) is 0.478. The molecule has 370 valence electrons. The largest absolute Gasteiger partial charge is 2.00 e. The van der Waals surface area contributed by atoms with E-state index in [1.807, 2.05) is 100 Å². The fourth-order valence-corrected chi connectivity index (χ4v) is 3.73. The van der Waals surface area contributed by atoms with Crippen LogP contribution in [-0.4, -0.2) is 151 Å². The first kappa shape index (κ1) is 71.7. The third-order valence-corrected chi connectivity index (χ3v) is 5.80. The second kappa shape index (κ2) is 43.0. The second-order valence-electron chi connectivity index (χ2n) is 17.2. The van der Waals surface area contributed by atoms with Gasteiger partial charge in [-0.25, -0.2) is 0 Å². The van der Waals surface area contributed by atoms with Crippen LogP contribution in [0.3, 0.4) is 0 Å². The van der Waals surface area contributed by atoms with Crippen LogP contribution in [0.25, 0.3) is 0 Å². The number of aryl methyl sites for hydroxylation is 4. The molecule has 4 aliphatic heterocycles. The van der Waals surface area contributed by atoms with Crippen LogP contribution in [0.5, 0.6) is 46.0 Å². The van der Waals surface area contributed by atoms with Crippen LogP contribution >= 0.6 is 47.5 Å². The minimum atomic E-state index is 0. The maximum absolute atomic E-state index is 5.03. The second-order valence-corrected chi connectivity index (χ2v) is 33.3. The Morgan fingerprint density at radius 2 is 0.364 bits per heavy atom. The first-order valence-corrected chi connectivity index (χ1v) is 36.6. The summed E-state index contributed by atoms with van der Waals surface area (Å²) in [5.41, 5.74) is 4.71. The molecule has 20 heteroatoms. The average Bonchev–Trinajstić information content (AvgIpc) is 3.98. The SMILES string of the molecule is CP(C)C.CP(C)C.CP(C)C.CP(C)C.CP(C)C.CP(C)C.Cc1ccc2c(c1)O[B-]O2.Cc1ccc2c(c1)O[B-]O2.Cc1ccc2c(c1)O[B-]O2.Cc1ccc2c(c1)O[B-]O2.[Co+2].[Co+2]. The zero-order valence-corrected chi connectivity index (χ0v) is 51.3. The van der Waals surface area contributed by atoms with Crippen molar-refractivity contribution >= 4 is 78.3 Å². The van der Waals surface area contributed by atoms with Gasteiger partial charge in [0.15, 0.2) is 0 Å². The molecule has 4 aromatic carbocycles. The Morgan fingerprint density at radius 1 is 0.242 bits per heavy atom. The summed E-state index contributed by atoms with van der Waals surface area (Å²) >= 11 is 0. The van der Waals surface area contributed by atoms with Crippen LogP contribution < -0.4 is 37.2 Å². The van der Waals surface area contributed by atoms with Gasteiger partial charge < -0.3 is 37.2 Å². The van der Waals surface area contributed by atoms with Crippen LogP contribution in [0.4, 0.5) is 0 Å². The molecular formula is C46H78B4Co2O8P6. The molecule has 4 heterocycles. The molecule has 0 aliphatic carbocycles. The number of hydrogen-bond acceptors (Lipinski definition) is 8. The standard InChI is InChI=1S/4C7H6BO2.6C3H9P.2Co/c4*1-5-2-3-6-7(4-5)10-8-9-6;6*1-4(2)3;;/h4*2-4H,1H3;6*1-3H3;;/q4*-1;;;;;;;2*+2. The molecule has 0 atom stereocenters. The van der Waals surface area contributed by atoms with Crippen molar-refractivity contribution in [2.45, 2.75) is 27.7 Å². The summed E-state index contributed by atoms with van der Waals surface area (Å²) in [6, 6.07) is 23.3. The first-order chi connectivity index (χ1) is 29.8. The van der Waals surface area contributed by atoms with Gasteiger partial charge in [-0.2, -0.15) is 0 Å². The monoisotopic (exact) mass is 1110 g/mol. The molecule has 66 heavy (non-hydrogen) atoms. The summed E-state index contributed by atoms with van der Waals surface area (Å²) in [5, 5.41) is 0. The van der Waals surface area contributed by atoms with Crippen LogP contribution in [0.1, 0.15) is 22.3 Å². The Kier molecular flexibility index (Phi) is 46.7. The molecule has 0 saturated heterocycles. The third kappa shape index (κ3) is 43.2. The van der Waals surface area contributed by atoms with Crippen molar-refractivity contribution in [3.8, 4) is 46.0 Å². The summed E-state index contributed by atoms with van der Waals surface area (Å²) in [6.45, 7) is 48.2. The van der Waals surface area contributed by atoms with Gasteiger partial charge in [0.25, 0.3) is 0 Å². The van der Waals surface area contributed by atoms with Crippen LogP contribution in [0.2, 0.25) is 0 Å². The van der Waals surface area contributed by atoms with Gasteiger partial charge in [-0.1, -0.05) is 24.3 Å². The quantitative estimate of drug-likeness (QED) is 0.127. The fourth-order valence-electron chi connectivity index (χ4n) is 3.73.